The molecule has 1 N–H and O–H groups in total. The summed E-state index contributed by atoms with van der Waals surface area (Å²) in [4.78, 5) is 12.2. The van der Waals surface area contributed by atoms with Crippen molar-refractivity contribution in [3.05, 3.63) is 59.7 Å². The highest BCUT2D eigenvalue weighted by atomic mass is 16.5. The van der Waals surface area contributed by atoms with Gasteiger partial charge >= 0.3 is 0 Å². The summed E-state index contributed by atoms with van der Waals surface area (Å²) >= 11 is 0. The van der Waals surface area contributed by atoms with Gasteiger partial charge in [0.1, 0.15) is 11.5 Å². The maximum atomic E-state index is 12.2. The average Bonchev–Trinajstić information content (AvgIpc) is 2.60. The van der Waals surface area contributed by atoms with E-state index in [1.54, 1.807) is 19.2 Å². The van der Waals surface area contributed by atoms with Gasteiger partial charge in [0.25, 0.3) is 5.91 Å². The van der Waals surface area contributed by atoms with Gasteiger partial charge in [-0.05, 0) is 48.4 Å². The third-order valence-electron chi connectivity index (χ3n) is 3.47. The molecule has 23 heavy (non-hydrogen) atoms. The average molecular weight is 313 g/mol. The Morgan fingerprint density at radius 3 is 2.57 bits per heavy atom. The maximum absolute atomic E-state index is 12.2. The fraction of sp³-hybridized carbons (Fsp3) is 0.316. The van der Waals surface area contributed by atoms with Crippen LogP contribution in [0.2, 0.25) is 0 Å². The summed E-state index contributed by atoms with van der Waals surface area (Å²) in [6, 6.07) is 14.9. The van der Waals surface area contributed by atoms with Crippen molar-refractivity contribution in [1.29, 1.82) is 0 Å². The number of amides is 1. The summed E-state index contributed by atoms with van der Waals surface area (Å²) in [5.74, 6) is 1.47. The number of hydrogen-bond acceptors (Lipinski definition) is 3. The van der Waals surface area contributed by atoms with E-state index in [0.29, 0.717) is 18.7 Å². The summed E-state index contributed by atoms with van der Waals surface area (Å²) in [5, 5.41) is 2.90. The first kappa shape index (κ1) is 16.9. The lowest BCUT2D eigenvalue weighted by Crippen LogP contribution is -2.22. The number of carbonyl (C=O) groups is 1. The minimum Gasteiger partial charge on any atom is -0.497 e. The number of benzene rings is 2. The first-order valence-corrected chi connectivity index (χ1v) is 7.87. The topological polar surface area (TPSA) is 47.6 Å². The van der Waals surface area contributed by atoms with Crippen LogP contribution in [0, 0.1) is 0 Å². The molecule has 2 aromatic carbocycles. The van der Waals surface area contributed by atoms with Gasteiger partial charge in [-0.2, -0.15) is 0 Å². The molecule has 0 radical (unpaired) electrons. The highest BCUT2D eigenvalue weighted by Gasteiger charge is 2.06. The lowest BCUT2D eigenvalue weighted by molar-refractivity contribution is 0.0951. The Hall–Kier alpha value is -2.49. The molecule has 1 amide bonds. The van der Waals surface area contributed by atoms with Crippen molar-refractivity contribution >= 4 is 5.91 Å². The summed E-state index contributed by atoms with van der Waals surface area (Å²) in [5.41, 5.74) is 1.62. The molecular weight excluding hydrogens is 290 g/mol. The van der Waals surface area contributed by atoms with Crippen molar-refractivity contribution in [1.82, 2.24) is 5.32 Å². The number of methoxy groups -OCH3 is 1. The first-order chi connectivity index (χ1) is 11.2. The van der Waals surface area contributed by atoms with Crippen LogP contribution in [0.25, 0.3) is 0 Å². The number of nitrogens with one attached hydrogen (secondary N) is 1. The summed E-state index contributed by atoms with van der Waals surface area (Å²) in [6.07, 6.45) is 2.13. The molecule has 0 saturated heterocycles. The zero-order valence-corrected chi connectivity index (χ0v) is 13.7. The SMILES string of the molecule is CCCCOc1ccc(C(=O)NCc2cccc(OC)c2)cc1. The van der Waals surface area contributed by atoms with E-state index < -0.39 is 0 Å². The van der Waals surface area contributed by atoms with Gasteiger partial charge in [0.15, 0.2) is 0 Å². The monoisotopic (exact) mass is 313 g/mol. The van der Waals surface area contributed by atoms with Crippen LogP contribution in [-0.4, -0.2) is 19.6 Å². The van der Waals surface area contributed by atoms with Gasteiger partial charge in [0, 0.05) is 12.1 Å². The Morgan fingerprint density at radius 2 is 1.87 bits per heavy atom. The fourth-order valence-corrected chi connectivity index (χ4v) is 2.10. The van der Waals surface area contributed by atoms with E-state index in [1.165, 1.54) is 0 Å². The molecular formula is C19H23NO3. The quantitative estimate of drug-likeness (QED) is 0.754. The van der Waals surface area contributed by atoms with Crippen molar-refractivity contribution in [2.75, 3.05) is 13.7 Å². The van der Waals surface area contributed by atoms with E-state index in [4.69, 9.17) is 9.47 Å². The normalized spacial score (nSPS) is 10.2. The molecule has 0 fully saturated rings. The van der Waals surface area contributed by atoms with Gasteiger partial charge in [0.05, 0.1) is 13.7 Å². The Morgan fingerprint density at radius 1 is 1.09 bits per heavy atom. The Kier molecular flexibility index (Phi) is 6.48. The van der Waals surface area contributed by atoms with Crippen molar-refractivity contribution in [2.45, 2.75) is 26.3 Å². The molecule has 0 aromatic heterocycles. The van der Waals surface area contributed by atoms with Crippen LogP contribution < -0.4 is 14.8 Å². The molecule has 4 heteroatoms. The molecule has 4 nitrogen and oxygen atoms in total. The predicted molar refractivity (Wildman–Crippen MR) is 91.0 cm³/mol. The molecule has 0 bridgehead atoms. The van der Waals surface area contributed by atoms with Gasteiger partial charge in [0.2, 0.25) is 0 Å². The minimum atomic E-state index is -0.104. The summed E-state index contributed by atoms with van der Waals surface area (Å²) in [7, 11) is 1.63. The fourth-order valence-electron chi connectivity index (χ4n) is 2.10. The van der Waals surface area contributed by atoms with Crippen LogP contribution in [0.3, 0.4) is 0 Å². The molecule has 0 saturated carbocycles. The van der Waals surface area contributed by atoms with Gasteiger partial charge in [-0.1, -0.05) is 25.5 Å². The van der Waals surface area contributed by atoms with E-state index in [-0.39, 0.29) is 5.91 Å². The molecule has 0 spiro atoms. The molecule has 0 aliphatic heterocycles. The van der Waals surface area contributed by atoms with E-state index in [0.717, 1.165) is 29.9 Å². The summed E-state index contributed by atoms with van der Waals surface area (Å²) in [6.45, 7) is 3.29. The van der Waals surface area contributed by atoms with Crippen LogP contribution in [0.15, 0.2) is 48.5 Å². The first-order valence-electron chi connectivity index (χ1n) is 7.87. The predicted octanol–water partition coefficient (Wildman–Crippen LogP) is 3.80. The molecule has 122 valence electrons. The second-order valence-corrected chi connectivity index (χ2v) is 5.26. The number of hydrogen-bond donors (Lipinski definition) is 1. The third-order valence-corrected chi connectivity index (χ3v) is 3.47. The van der Waals surface area contributed by atoms with Crippen LogP contribution in [-0.2, 0) is 6.54 Å². The second kappa shape index (κ2) is 8.83. The van der Waals surface area contributed by atoms with E-state index in [2.05, 4.69) is 12.2 Å². The highest BCUT2D eigenvalue weighted by Crippen LogP contribution is 2.14. The van der Waals surface area contributed by atoms with Crippen molar-refractivity contribution in [3.63, 3.8) is 0 Å². The number of rotatable bonds is 8. The minimum absolute atomic E-state index is 0.104. The second-order valence-electron chi connectivity index (χ2n) is 5.26. The van der Waals surface area contributed by atoms with Gasteiger partial charge in [-0.15, -0.1) is 0 Å². The number of carbonyl (C=O) groups excluding carboxylic acids is 1. The van der Waals surface area contributed by atoms with Crippen LogP contribution >= 0.6 is 0 Å². The van der Waals surface area contributed by atoms with Gasteiger partial charge in [-0.25, -0.2) is 0 Å². The van der Waals surface area contributed by atoms with E-state index in [1.807, 2.05) is 36.4 Å². The lowest BCUT2D eigenvalue weighted by atomic mass is 10.2. The summed E-state index contributed by atoms with van der Waals surface area (Å²) < 4.78 is 10.8. The standard InChI is InChI=1S/C19H23NO3/c1-3-4-12-23-17-10-8-16(9-11-17)19(21)20-14-15-6-5-7-18(13-15)22-2/h5-11,13H,3-4,12,14H2,1-2H3,(H,20,21). The van der Waals surface area contributed by atoms with Gasteiger partial charge < -0.3 is 14.8 Å². The third kappa shape index (κ3) is 5.33. The van der Waals surface area contributed by atoms with E-state index >= 15 is 0 Å². The molecule has 0 atom stereocenters. The zero-order chi connectivity index (χ0) is 16.5. The van der Waals surface area contributed by atoms with Crippen molar-refractivity contribution < 1.29 is 14.3 Å². The molecule has 0 heterocycles. The Bertz CT molecular complexity index is 623. The molecule has 0 aliphatic carbocycles. The number of unbranched alkanes of at least 4 members (excludes halogenated alkanes) is 1. The number of ether oxygens (including phenoxy) is 2. The molecule has 2 rings (SSSR count). The van der Waals surface area contributed by atoms with E-state index in [9.17, 15) is 4.79 Å². The smallest absolute Gasteiger partial charge is 0.251 e. The van der Waals surface area contributed by atoms with Gasteiger partial charge in [-0.3, -0.25) is 4.79 Å². The van der Waals surface area contributed by atoms with Crippen molar-refractivity contribution in [3.8, 4) is 11.5 Å². The highest BCUT2D eigenvalue weighted by molar-refractivity contribution is 5.94. The van der Waals surface area contributed by atoms with Crippen LogP contribution in [0.4, 0.5) is 0 Å². The molecule has 2 aromatic rings. The molecule has 0 unspecified atom stereocenters. The lowest BCUT2D eigenvalue weighted by Gasteiger charge is -2.08. The Labute approximate surface area is 137 Å². The van der Waals surface area contributed by atoms with Crippen LogP contribution in [0.5, 0.6) is 11.5 Å². The van der Waals surface area contributed by atoms with Crippen LogP contribution in [0.1, 0.15) is 35.7 Å². The zero-order valence-electron chi connectivity index (χ0n) is 13.7. The molecule has 0 aliphatic rings. The maximum Gasteiger partial charge on any atom is 0.251 e. The Balaban J connectivity index is 1.87. The van der Waals surface area contributed by atoms with Crippen molar-refractivity contribution in [2.24, 2.45) is 0 Å². The largest absolute Gasteiger partial charge is 0.497 e.